The molecule has 0 fully saturated rings. The van der Waals surface area contributed by atoms with Crippen molar-refractivity contribution in [2.24, 2.45) is 0 Å². The molecule has 0 aliphatic carbocycles. The van der Waals surface area contributed by atoms with Gasteiger partial charge in [0.25, 0.3) is 5.91 Å². The zero-order valence-corrected chi connectivity index (χ0v) is 19.4. The fraction of sp³-hybridized carbons (Fsp3) is 0.185. The number of carbonyl (C=O) groups is 1. The number of aromatic nitrogens is 3. The number of methoxy groups -OCH3 is 1. The molecule has 1 amide bonds. The third-order valence-corrected chi connectivity index (χ3v) is 6.20. The molecule has 4 aromatic rings. The lowest BCUT2D eigenvalue weighted by Gasteiger charge is -2.38. The van der Waals surface area contributed by atoms with Crippen molar-refractivity contribution in [2.45, 2.75) is 25.9 Å². The topological polar surface area (TPSA) is 94.2 Å². The van der Waals surface area contributed by atoms with Gasteiger partial charge in [0, 0.05) is 24.6 Å². The van der Waals surface area contributed by atoms with Gasteiger partial charge in [0.15, 0.2) is 0 Å². The molecular formula is C27H24FN5O2. The molecule has 8 heteroatoms. The van der Waals surface area contributed by atoms with Crippen LogP contribution in [0.15, 0.2) is 66.7 Å². The van der Waals surface area contributed by atoms with Gasteiger partial charge >= 0.3 is 0 Å². The number of nitrogens with two attached hydrogens (primary N) is 1. The summed E-state index contributed by atoms with van der Waals surface area (Å²) in [7, 11) is 1.53. The van der Waals surface area contributed by atoms with Crippen LogP contribution in [0.4, 0.5) is 10.3 Å². The van der Waals surface area contributed by atoms with E-state index in [0.717, 1.165) is 11.1 Å². The summed E-state index contributed by atoms with van der Waals surface area (Å²) >= 11 is 0. The number of nitrogens with zero attached hydrogens (tertiary/aromatic N) is 4. The molecule has 176 valence electrons. The highest BCUT2D eigenvalue weighted by Crippen LogP contribution is 2.39. The second kappa shape index (κ2) is 9.13. The van der Waals surface area contributed by atoms with Gasteiger partial charge in [-0.2, -0.15) is 0 Å². The molecule has 0 spiro atoms. The van der Waals surface area contributed by atoms with Gasteiger partial charge in [0.1, 0.15) is 5.82 Å². The summed E-state index contributed by atoms with van der Waals surface area (Å²) in [5, 5.41) is 0. The Balaban J connectivity index is 1.68. The number of ether oxygens (including phenoxy) is 1. The SMILES string of the molecule is COc1cccc(-c2cc(F)ccc2C2Cc3nc(N)nc(C)c3C(=O)N2Cc2ccccc2)n1. The normalized spacial score (nSPS) is 15.1. The lowest BCUT2D eigenvalue weighted by Crippen LogP contribution is -2.41. The van der Waals surface area contributed by atoms with Crippen LogP contribution < -0.4 is 10.5 Å². The highest BCUT2D eigenvalue weighted by atomic mass is 19.1. The van der Waals surface area contributed by atoms with Gasteiger partial charge in [-0.3, -0.25) is 4.79 Å². The Morgan fingerprint density at radius 1 is 1.06 bits per heavy atom. The molecule has 1 unspecified atom stereocenters. The molecule has 0 saturated carbocycles. The van der Waals surface area contributed by atoms with Crippen LogP contribution in [0.1, 0.15) is 38.9 Å². The first-order valence-corrected chi connectivity index (χ1v) is 11.2. The fourth-order valence-corrected chi connectivity index (χ4v) is 4.62. The maximum Gasteiger partial charge on any atom is 0.258 e. The molecule has 2 N–H and O–H groups in total. The lowest BCUT2D eigenvalue weighted by molar-refractivity contribution is 0.0625. The number of pyridine rings is 1. The van der Waals surface area contributed by atoms with E-state index >= 15 is 0 Å². The highest BCUT2D eigenvalue weighted by Gasteiger charge is 2.37. The average Bonchev–Trinajstić information content (AvgIpc) is 2.86. The number of benzene rings is 2. The van der Waals surface area contributed by atoms with Crippen molar-refractivity contribution >= 4 is 11.9 Å². The van der Waals surface area contributed by atoms with Crippen molar-refractivity contribution in [2.75, 3.05) is 12.8 Å². The van der Waals surface area contributed by atoms with Crippen LogP contribution in [0, 0.1) is 12.7 Å². The van der Waals surface area contributed by atoms with E-state index in [1.54, 1.807) is 36.1 Å². The lowest BCUT2D eigenvalue weighted by atomic mass is 9.88. The Bertz CT molecular complexity index is 1410. The number of nitrogen functional groups attached to an aromatic ring is 1. The molecule has 1 atom stereocenters. The van der Waals surface area contributed by atoms with E-state index in [4.69, 9.17) is 10.5 Å². The number of fused-ring (bicyclic) bond motifs is 1. The zero-order valence-electron chi connectivity index (χ0n) is 19.4. The summed E-state index contributed by atoms with van der Waals surface area (Å²) in [6, 6.07) is 19.2. The summed E-state index contributed by atoms with van der Waals surface area (Å²) in [5.41, 5.74) is 10.4. The Morgan fingerprint density at radius 2 is 1.86 bits per heavy atom. The Hall–Kier alpha value is -4.33. The number of anilines is 1. The van der Waals surface area contributed by atoms with E-state index in [0.29, 0.717) is 47.1 Å². The third kappa shape index (κ3) is 4.30. The summed E-state index contributed by atoms with van der Waals surface area (Å²) in [5.74, 6) is -0.0439. The number of rotatable bonds is 5. The molecule has 0 saturated heterocycles. The van der Waals surface area contributed by atoms with Crippen molar-refractivity contribution in [3.8, 4) is 17.1 Å². The molecule has 1 aliphatic heterocycles. The zero-order chi connectivity index (χ0) is 24.5. The predicted octanol–water partition coefficient (Wildman–Crippen LogP) is 4.52. The number of carbonyl (C=O) groups excluding carboxylic acids is 1. The largest absolute Gasteiger partial charge is 0.481 e. The van der Waals surface area contributed by atoms with Crippen LogP contribution in [0.3, 0.4) is 0 Å². The molecule has 2 aromatic heterocycles. The van der Waals surface area contributed by atoms with Gasteiger partial charge in [0.2, 0.25) is 11.8 Å². The average molecular weight is 470 g/mol. The number of hydrogen-bond acceptors (Lipinski definition) is 6. The van der Waals surface area contributed by atoms with Gasteiger partial charge in [-0.15, -0.1) is 0 Å². The van der Waals surface area contributed by atoms with Gasteiger partial charge in [0.05, 0.1) is 35.8 Å². The second-order valence-corrected chi connectivity index (χ2v) is 8.42. The van der Waals surface area contributed by atoms with Crippen LogP contribution in [0.25, 0.3) is 11.3 Å². The van der Waals surface area contributed by atoms with Crippen molar-refractivity contribution in [1.82, 2.24) is 19.9 Å². The van der Waals surface area contributed by atoms with Gasteiger partial charge < -0.3 is 15.4 Å². The predicted molar refractivity (Wildman–Crippen MR) is 130 cm³/mol. The third-order valence-electron chi connectivity index (χ3n) is 6.20. The molecule has 5 rings (SSSR count). The summed E-state index contributed by atoms with van der Waals surface area (Å²) in [6.45, 7) is 2.13. The molecule has 1 aliphatic rings. The van der Waals surface area contributed by atoms with Crippen LogP contribution >= 0.6 is 0 Å². The van der Waals surface area contributed by atoms with E-state index in [-0.39, 0.29) is 11.9 Å². The van der Waals surface area contributed by atoms with Gasteiger partial charge in [-0.05, 0) is 36.2 Å². The Morgan fingerprint density at radius 3 is 2.63 bits per heavy atom. The van der Waals surface area contributed by atoms with Crippen LogP contribution in [-0.2, 0) is 13.0 Å². The maximum absolute atomic E-state index is 14.5. The van der Waals surface area contributed by atoms with Crippen LogP contribution in [0.2, 0.25) is 0 Å². The Kier molecular flexibility index (Phi) is 5.86. The molecule has 7 nitrogen and oxygen atoms in total. The Labute approximate surface area is 202 Å². The number of hydrogen-bond donors (Lipinski definition) is 1. The van der Waals surface area contributed by atoms with Gasteiger partial charge in [-0.1, -0.05) is 42.5 Å². The summed E-state index contributed by atoms with van der Waals surface area (Å²) in [4.78, 5) is 28.8. The van der Waals surface area contributed by atoms with Crippen molar-refractivity contribution < 1.29 is 13.9 Å². The van der Waals surface area contributed by atoms with E-state index in [9.17, 15) is 9.18 Å². The van der Waals surface area contributed by atoms with Crippen molar-refractivity contribution in [3.63, 3.8) is 0 Å². The minimum absolute atomic E-state index is 0.123. The van der Waals surface area contributed by atoms with Gasteiger partial charge in [-0.25, -0.2) is 19.3 Å². The van der Waals surface area contributed by atoms with Crippen molar-refractivity contribution in [1.29, 1.82) is 0 Å². The fourth-order valence-electron chi connectivity index (χ4n) is 4.62. The first-order chi connectivity index (χ1) is 16.9. The first kappa shape index (κ1) is 22.5. The monoisotopic (exact) mass is 469 g/mol. The molecular weight excluding hydrogens is 445 g/mol. The molecule has 2 aromatic carbocycles. The minimum Gasteiger partial charge on any atom is -0.481 e. The summed E-state index contributed by atoms with van der Waals surface area (Å²) < 4.78 is 19.8. The molecule has 3 heterocycles. The highest BCUT2D eigenvalue weighted by molar-refractivity contribution is 5.98. The summed E-state index contributed by atoms with van der Waals surface area (Å²) in [6.07, 6.45) is 0.407. The maximum atomic E-state index is 14.5. The molecule has 0 radical (unpaired) electrons. The van der Waals surface area contributed by atoms with E-state index in [1.165, 1.54) is 19.2 Å². The van der Waals surface area contributed by atoms with E-state index in [1.807, 2.05) is 30.3 Å². The van der Waals surface area contributed by atoms with Crippen LogP contribution in [0.5, 0.6) is 5.88 Å². The number of aryl methyl sites for hydroxylation is 1. The molecule has 35 heavy (non-hydrogen) atoms. The first-order valence-electron chi connectivity index (χ1n) is 11.2. The molecule has 0 bridgehead atoms. The standard InChI is InChI=1S/C27H24FN5O2/c1-16-25-22(32-27(29)30-16)14-23(33(26(25)34)15-17-7-4-3-5-8-17)19-12-11-18(28)13-20(19)21-9-6-10-24(31-21)35-2/h3-13,23H,14-15H2,1-2H3,(H2,29,30,32). The number of amides is 1. The number of halogens is 1. The quantitative estimate of drug-likeness (QED) is 0.462. The van der Waals surface area contributed by atoms with Crippen molar-refractivity contribution in [3.05, 3.63) is 101 Å². The smallest absolute Gasteiger partial charge is 0.258 e. The van der Waals surface area contributed by atoms with Crippen LogP contribution in [-0.4, -0.2) is 32.9 Å². The van der Waals surface area contributed by atoms with E-state index < -0.39 is 11.9 Å². The van der Waals surface area contributed by atoms with E-state index in [2.05, 4.69) is 15.0 Å². The minimum atomic E-state index is -0.424. The second-order valence-electron chi connectivity index (χ2n) is 8.42.